The first kappa shape index (κ1) is 36.6. The molecular weight excluding hydrogens is 695 g/mol. The fourth-order valence-electron chi connectivity index (χ4n) is 14.7. The van der Waals surface area contributed by atoms with Crippen LogP contribution in [0.1, 0.15) is 102 Å². The van der Waals surface area contributed by atoms with Gasteiger partial charge in [-0.25, -0.2) is 4.79 Å². The van der Waals surface area contributed by atoms with Gasteiger partial charge >= 0.3 is 6.09 Å². The summed E-state index contributed by atoms with van der Waals surface area (Å²) in [5.41, 5.74) is -0.937. The summed E-state index contributed by atoms with van der Waals surface area (Å²) in [4.78, 5) is 31.3. The Morgan fingerprint density at radius 1 is 0.804 bits per heavy atom. The molecule has 9 aliphatic rings. The average Bonchev–Trinajstić information content (AvgIpc) is 3.47. The Kier molecular flexibility index (Phi) is 8.09. The number of carbonyl (C=O) groups excluding carboxylic acids is 2. The van der Waals surface area contributed by atoms with Crippen LogP contribution in [-0.2, 0) is 0 Å². The molecule has 0 heterocycles. The van der Waals surface area contributed by atoms with E-state index in [4.69, 9.17) is 4.74 Å². The molecule has 4 bridgehead atoms. The summed E-state index contributed by atoms with van der Waals surface area (Å²) < 4.78 is 6.25. The topological polar surface area (TPSA) is 87.1 Å². The second kappa shape index (κ2) is 12.4. The number of aliphatic hydroxyl groups is 2. The maximum Gasteiger partial charge on any atom is 0.415 e. The highest BCUT2D eigenvalue weighted by Crippen LogP contribution is 2.78. The first-order valence-electron chi connectivity index (χ1n) is 21.6. The molecule has 0 saturated heterocycles. The highest BCUT2D eigenvalue weighted by Gasteiger charge is 2.74. The van der Waals surface area contributed by atoms with Gasteiger partial charge in [0.2, 0.25) is 0 Å². The number of fused-ring (bicyclic) bond motifs is 4. The number of Topliss-reactive ketones (excluding diaryl/α,β-unsaturated/α-hetero) is 1. The summed E-state index contributed by atoms with van der Waals surface area (Å²) in [6.07, 6.45) is 15.1. The van der Waals surface area contributed by atoms with Crippen molar-refractivity contribution < 1.29 is 24.5 Å². The lowest BCUT2D eigenvalue weighted by Crippen LogP contribution is -2.67. The second-order valence-electron chi connectivity index (χ2n) is 20.5. The summed E-state index contributed by atoms with van der Waals surface area (Å²) in [6, 6.07) is 23.6. The Morgan fingerprint density at radius 3 is 2.29 bits per heavy atom. The van der Waals surface area contributed by atoms with Gasteiger partial charge in [0.1, 0.15) is 5.75 Å². The SMILES string of the molecule is CC1(C)C2CCC(CN(CC3(O)CCC4C56C=CC7(C=C5C(=O)c5ccccc5)CC(O)CCC7(C)C6CCC43C)C(=O)Oc3ccc4ccccc4c3)C1C2. The fraction of sp³-hybridized carbons (Fsp3) is 0.560. The molecule has 9 aliphatic carbocycles. The summed E-state index contributed by atoms with van der Waals surface area (Å²) in [5.74, 6) is 2.47. The average molecular weight is 754 g/mol. The van der Waals surface area contributed by atoms with Crippen LogP contribution in [0.3, 0.4) is 0 Å². The Labute approximate surface area is 332 Å². The third kappa shape index (κ3) is 4.93. The van der Waals surface area contributed by atoms with Crippen LogP contribution in [0.5, 0.6) is 5.75 Å². The van der Waals surface area contributed by atoms with Crippen molar-refractivity contribution in [2.24, 2.45) is 56.7 Å². The first-order valence-corrected chi connectivity index (χ1v) is 21.6. The van der Waals surface area contributed by atoms with Crippen LogP contribution in [0.2, 0.25) is 0 Å². The van der Waals surface area contributed by atoms with E-state index in [1.165, 1.54) is 12.8 Å². The largest absolute Gasteiger partial charge is 0.415 e. The zero-order valence-electron chi connectivity index (χ0n) is 33.7. The van der Waals surface area contributed by atoms with Crippen LogP contribution in [0.15, 0.2) is 96.6 Å². The van der Waals surface area contributed by atoms with E-state index < -0.39 is 22.5 Å². The minimum atomic E-state index is -1.17. The number of benzene rings is 3. The van der Waals surface area contributed by atoms with E-state index in [-0.39, 0.29) is 46.5 Å². The molecule has 11 unspecified atom stereocenters. The van der Waals surface area contributed by atoms with E-state index in [0.717, 1.165) is 60.8 Å². The van der Waals surface area contributed by atoms with Crippen LogP contribution >= 0.6 is 0 Å². The number of nitrogens with zero attached hydrogens (tertiary/aromatic N) is 1. The van der Waals surface area contributed by atoms with Gasteiger partial charge in [-0.2, -0.15) is 0 Å². The van der Waals surface area contributed by atoms with Crippen molar-refractivity contribution >= 4 is 22.6 Å². The molecule has 6 nitrogen and oxygen atoms in total. The minimum Gasteiger partial charge on any atom is -0.410 e. The Morgan fingerprint density at radius 2 is 1.52 bits per heavy atom. The van der Waals surface area contributed by atoms with Gasteiger partial charge in [0.15, 0.2) is 5.78 Å². The first-order chi connectivity index (χ1) is 26.7. The van der Waals surface area contributed by atoms with Crippen LogP contribution < -0.4 is 4.74 Å². The van der Waals surface area contributed by atoms with Crippen molar-refractivity contribution in [3.63, 3.8) is 0 Å². The number of amides is 1. The molecule has 12 rings (SSSR count). The number of aliphatic hydroxyl groups excluding tert-OH is 1. The van der Waals surface area contributed by atoms with E-state index in [1.807, 2.05) is 71.6 Å². The van der Waals surface area contributed by atoms with Gasteiger partial charge in [0.25, 0.3) is 0 Å². The van der Waals surface area contributed by atoms with Crippen molar-refractivity contribution in [2.75, 3.05) is 13.1 Å². The van der Waals surface area contributed by atoms with E-state index >= 15 is 0 Å². The van der Waals surface area contributed by atoms with Gasteiger partial charge in [-0.15, -0.1) is 0 Å². The molecule has 3 aromatic rings. The van der Waals surface area contributed by atoms with Gasteiger partial charge < -0.3 is 19.8 Å². The zero-order valence-corrected chi connectivity index (χ0v) is 33.7. The standard InChI is InChI=1S/C50H59NO5/c1-45(2)36-16-14-35(39(45)27-36)30-51(44(54)56-38-17-15-32-10-8-9-13-34(32)26-38)31-49(55)23-20-42-47(49,4)22-19-41-46(3)21-18-37(52)28-48(46)24-25-50(41,42)40(29-48)43(53)33-11-6-5-7-12-33/h5-13,15,17,24-26,29,35-37,39,41-42,52,55H,14,16,18-23,27-28,30-31H2,1-4H3. The quantitative estimate of drug-likeness (QED) is 0.185. The van der Waals surface area contributed by atoms with Crippen molar-refractivity contribution in [1.82, 2.24) is 4.90 Å². The lowest BCUT2D eigenvalue weighted by molar-refractivity contribution is -0.176. The van der Waals surface area contributed by atoms with E-state index in [2.05, 4.69) is 52.0 Å². The monoisotopic (exact) mass is 753 g/mol. The van der Waals surface area contributed by atoms with Gasteiger partial charge in [0, 0.05) is 33.9 Å². The zero-order chi connectivity index (χ0) is 38.9. The number of ether oxygens (including phenoxy) is 1. The molecule has 11 atom stereocenters. The second-order valence-corrected chi connectivity index (χ2v) is 20.5. The van der Waals surface area contributed by atoms with Crippen molar-refractivity contribution in [3.8, 4) is 5.75 Å². The molecule has 6 fully saturated rings. The van der Waals surface area contributed by atoms with Crippen LogP contribution in [0.4, 0.5) is 4.79 Å². The lowest BCUT2D eigenvalue weighted by Gasteiger charge is -2.71. The van der Waals surface area contributed by atoms with Crippen molar-refractivity contribution in [2.45, 2.75) is 104 Å². The minimum absolute atomic E-state index is 0.00949. The number of ketones is 1. The molecule has 0 aromatic heterocycles. The van der Waals surface area contributed by atoms with Gasteiger partial charge in [0.05, 0.1) is 18.2 Å². The van der Waals surface area contributed by atoms with Crippen molar-refractivity contribution in [3.05, 3.63) is 102 Å². The Balaban J connectivity index is 1.02. The Hall–Kier alpha value is -3.74. The molecule has 2 N–H and O–H groups in total. The number of carbonyl (C=O) groups is 2. The van der Waals surface area contributed by atoms with E-state index in [1.54, 1.807) is 0 Å². The summed E-state index contributed by atoms with van der Waals surface area (Å²) >= 11 is 0. The highest BCUT2D eigenvalue weighted by atomic mass is 16.6. The number of hydrogen-bond acceptors (Lipinski definition) is 5. The van der Waals surface area contributed by atoms with Gasteiger partial charge in [-0.3, -0.25) is 4.79 Å². The van der Waals surface area contributed by atoms with Crippen molar-refractivity contribution in [1.29, 1.82) is 0 Å². The third-order valence-corrected chi connectivity index (χ3v) is 18.1. The summed E-state index contributed by atoms with van der Waals surface area (Å²) in [5, 5.41) is 26.6. The van der Waals surface area contributed by atoms with E-state index in [9.17, 15) is 19.8 Å². The van der Waals surface area contributed by atoms with Gasteiger partial charge in [-0.1, -0.05) is 107 Å². The molecule has 0 radical (unpaired) electrons. The summed E-state index contributed by atoms with van der Waals surface area (Å²) in [6.45, 7) is 10.3. The normalized spacial score (nSPS) is 41.1. The van der Waals surface area contributed by atoms with Crippen LogP contribution in [0, 0.1) is 56.7 Å². The summed E-state index contributed by atoms with van der Waals surface area (Å²) in [7, 11) is 0. The number of allylic oxidation sites excluding steroid dienone is 4. The number of hydrogen-bond donors (Lipinski definition) is 2. The maximum atomic E-state index is 14.9. The smallest absolute Gasteiger partial charge is 0.410 e. The molecule has 6 heteroatoms. The van der Waals surface area contributed by atoms with Crippen LogP contribution in [0.25, 0.3) is 10.8 Å². The highest BCUT2D eigenvalue weighted by molar-refractivity contribution is 6.10. The molecule has 2 spiro atoms. The lowest BCUT2D eigenvalue weighted by atomic mass is 9.32. The van der Waals surface area contributed by atoms with Gasteiger partial charge in [-0.05, 0) is 128 Å². The Bertz CT molecular complexity index is 2160. The molecular formula is C50H59NO5. The predicted octanol–water partition coefficient (Wildman–Crippen LogP) is 10.2. The molecule has 1 amide bonds. The molecule has 3 aromatic carbocycles. The predicted molar refractivity (Wildman–Crippen MR) is 219 cm³/mol. The van der Waals surface area contributed by atoms with Crippen LogP contribution in [-0.4, -0.2) is 51.8 Å². The fourth-order valence-corrected chi connectivity index (χ4v) is 14.7. The molecule has 56 heavy (non-hydrogen) atoms. The molecule has 294 valence electrons. The third-order valence-electron chi connectivity index (χ3n) is 18.1. The number of rotatable bonds is 7. The molecule has 0 aliphatic heterocycles. The van der Waals surface area contributed by atoms with E-state index in [0.29, 0.717) is 42.5 Å². The molecule has 6 saturated carbocycles. The maximum absolute atomic E-state index is 14.9.